The number of hydrogen-bond acceptors (Lipinski definition) is 4. The topological polar surface area (TPSA) is 21.6 Å². The number of nitrogens with zero attached hydrogens (tertiary/aromatic N) is 1. The lowest BCUT2D eigenvalue weighted by molar-refractivity contribution is 0.0163. The Morgan fingerprint density at radius 3 is 2.81 bits per heavy atom. The lowest BCUT2D eigenvalue weighted by Crippen LogP contribution is -2.28. The number of oxime groups is 1. The quantitative estimate of drug-likeness (QED) is 0.784. The SMILES string of the molecule is Cc1ccsc1C1=NOC(C)(CSCc2ccccc2)C1. The molecule has 2 aromatic rings. The zero-order valence-corrected chi connectivity index (χ0v) is 14.0. The van der Waals surface area contributed by atoms with Gasteiger partial charge in [0.15, 0.2) is 0 Å². The van der Waals surface area contributed by atoms with Gasteiger partial charge in [0.25, 0.3) is 0 Å². The molecule has 0 amide bonds. The zero-order chi connectivity index (χ0) is 14.7. The minimum absolute atomic E-state index is 0.175. The van der Waals surface area contributed by atoms with Gasteiger partial charge in [0.05, 0.1) is 4.88 Å². The van der Waals surface area contributed by atoms with Crippen LogP contribution in [0.4, 0.5) is 0 Å². The standard InChI is InChI=1S/C17H19NOS2/c1-13-8-9-21-16(13)15-10-17(2,19-18-15)12-20-11-14-6-4-3-5-7-14/h3-9H,10-12H2,1-2H3. The van der Waals surface area contributed by atoms with E-state index in [2.05, 4.69) is 60.8 Å². The van der Waals surface area contributed by atoms with Crippen molar-refractivity contribution in [1.29, 1.82) is 0 Å². The third-order valence-corrected chi connectivity index (χ3v) is 5.98. The summed E-state index contributed by atoms with van der Waals surface area (Å²) >= 11 is 3.66. The summed E-state index contributed by atoms with van der Waals surface area (Å²) in [6.07, 6.45) is 0.899. The van der Waals surface area contributed by atoms with Crippen molar-refractivity contribution < 1.29 is 4.84 Å². The summed E-state index contributed by atoms with van der Waals surface area (Å²) in [5.41, 5.74) is 3.58. The van der Waals surface area contributed by atoms with Crippen LogP contribution < -0.4 is 0 Å². The summed E-state index contributed by atoms with van der Waals surface area (Å²) in [7, 11) is 0. The number of benzene rings is 1. The average molecular weight is 317 g/mol. The van der Waals surface area contributed by atoms with Crippen molar-refractivity contribution in [2.45, 2.75) is 31.6 Å². The van der Waals surface area contributed by atoms with E-state index in [1.807, 2.05) is 11.8 Å². The van der Waals surface area contributed by atoms with E-state index in [1.54, 1.807) is 11.3 Å². The predicted molar refractivity (Wildman–Crippen MR) is 92.3 cm³/mol. The monoisotopic (exact) mass is 317 g/mol. The van der Waals surface area contributed by atoms with Gasteiger partial charge in [-0.2, -0.15) is 11.8 Å². The van der Waals surface area contributed by atoms with Crippen LogP contribution in [0.5, 0.6) is 0 Å². The highest BCUT2D eigenvalue weighted by atomic mass is 32.2. The lowest BCUT2D eigenvalue weighted by Gasteiger charge is -2.20. The predicted octanol–water partition coefficient (Wildman–Crippen LogP) is 4.87. The molecular weight excluding hydrogens is 298 g/mol. The van der Waals surface area contributed by atoms with Gasteiger partial charge in [-0.15, -0.1) is 11.3 Å². The highest BCUT2D eigenvalue weighted by molar-refractivity contribution is 7.98. The summed E-state index contributed by atoms with van der Waals surface area (Å²) in [4.78, 5) is 7.01. The van der Waals surface area contributed by atoms with E-state index in [9.17, 15) is 0 Å². The summed E-state index contributed by atoms with van der Waals surface area (Å²) in [5, 5.41) is 6.45. The minimum Gasteiger partial charge on any atom is -0.388 e. The Kier molecular flexibility index (Phi) is 4.36. The first-order valence-corrected chi connectivity index (χ1v) is 9.11. The molecule has 1 aliphatic rings. The van der Waals surface area contributed by atoms with Crippen molar-refractivity contribution in [2.24, 2.45) is 5.16 Å². The van der Waals surface area contributed by atoms with Crippen LogP contribution in [0.2, 0.25) is 0 Å². The number of hydrogen-bond donors (Lipinski definition) is 0. The molecule has 0 spiro atoms. The smallest absolute Gasteiger partial charge is 0.149 e. The van der Waals surface area contributed by atoms with E-state index in [-0.39, 0.29) is 5.60 Å². The Bertz CT molecular complexity index is 635. The maximum atomic E-state index is 5.74. The molecular formula is C17H19NOS2. The third kappa shape index (κ3) is 3.50. The Morgan fingerprint density at radius 2 is 2.10 bits per heavy atom. The number of rotatable bonds is 5. The normalized spacial score (nSPS) is 21.1. The first-order valence-electron chi connectivity index (χ1n) is 7.07. The molecule has 1 aromatic heterocycles. The molecule has 2 nitrogen and oxygen atoms in total. The molecule has 110 valence electrons. The van der Waals surface area contributed by atoms with E-state index in [0.717, 1.165) is 23.6 Å². The third-order valence-electron chi connectivity index (χ3n) is 3.56. The Labute approximate surface area is 134 Å². The summed E-state index contributed by atoms with van der Waals surface area (Å²) in [5.74, 6) is 1.98. The van der Waals surface area contributed by atoms with Gasteiger partial charge in [-0.1, -0.05) is 35.5 Å². The van der Waals surface area contributed by atoms with E-state index < -0.39 is 0 Å². The van der Waals surface area contributed by atoms with E-state index in [4.69, 9.17) is 4.84 Å². The average Bonchev–Trinajstić information content (AvgIpc) is 3.06. The molecule has 0 saturated carbocycles. The van der Waals surface area contributed by atoms with Gasteiger partial charge in [-0.25, -0.2) is 0 Å². The van der Waals surface area contributed by atoms with Gasteiger partial charge in [0.1, 0.15) is 11.3 Å². The van der Waals surface area contributed by atoms with Crippen LogP contribution in [-0.2, 0) is 10.6 Å². The van der Waals surface area contributed by atoms with Crippen molar-refractivity contribution in [3.05, 3.63) is 57.8 Å². The van der Waals surface area contributed by atoms with E-state index in [1.165, 1.54) is 16.0 Å². The second-order valence-electron chi connectivity index (χ2n) is 5.67. The molecule has 3 rings (SSSR count). The maximum absolute atomic E-state index is 5.74. The number of thioether (sulfide) groups is 1. The van der Waals surface area contributed by atoms with Crippen LogP contribution in [0.25, 0.3) is 0 Å². The van der Waals surface area contributed by atoms with E-state index in [0.29, 0.717) is 0 Å². The fraction of sp³-hybridized carbons (Fsp3) is 0.353. The second-order valence-corrected chi connectivity index (χ2v) is 7.57. The molecule has 0 bridgehead atoms. The molecule has 0 aliphatic carbocycles. The molecule has 0 saturated heterocycles. The van der Waals surface area contributed by atoms with Crippen LogP contribution in [0, 0.1) is 6.92 Å². The van der Waals surface area contributed by atoms with Crippen LogP contribution in [0.3, 0.4) is 0 Å². The minimum atomic E-state index is -0.175. The zero-order valence-electron chi connectivity index (χ0n) is 12.3. The van der Waals surface area contributed by atoms with Crippen LogP contribution in [-0.4, -0.2) is 17.1 Å². The summed E-state index contributed by atoms with van der Waals surface area (Å²) < 4.78 is 0. The van der Waals surface area contributed by atoms with Gasteiger partial charge in [-0.05, 0) is 36.4 Å². The largest absolute Gasteiger partial charge is 0.388 e. The van der Waals surface area contributed by atoms with Gasteiger partial charge in [0, 0.05) is 17.9 Å². The molecule has 2 heterocycles. The molecule has 0 fully saturated rings. The molecule has 1 atom stereocenters. The fourth-order valence-electron chi connectivity index (χ4n) is 2.41. The van der Waals surface area contributed by atoms with Crippen LogP contribution in [0.15, 0.2) is 46.9 Å². The fourth-order valence-corrected chi connectivity index (χ4v) is 4.43. The van der Waals surface area contributed by atoms with Crippen LogP contribution >= 0.6 is 23.1 Å². The van der Waals surface area contributed by atoms with Gasteiger partial charge in [-0.3, -0.25) is 0 Å². The Hall–Kier alpha value is -1.26. The van der Waals surface area contributed by atoms with Crippen LogP contribution in [0.1, 0.15) is 29.3 Å². The molecule has 1 aliphatic heterocycles. The molecule has 4 heteroatoms. The van der Waals surface area contributed by atoms with Crippen molar-refractivity contribution >= 4 is 28.8 Å². The highest BCUT2D eigenvalue weighted by Gasteiger charge is 2.35. The van der Waals surface area contributed by atoms with Crippen molar-refractivity contribution in [3.8, 4) is 0 Å². The lowest BCUT2D eigenvalue weighted by atomic mass is 10.0. The second kappa shape index (κ2) is 6.24. The van der Waals surface area contributed by atoms with Crippen molar-refractivity contribution in [1.82, 2.24) is 0 Å². The Morgan fingerprint density at radius 1 is 1.29 bits per heavy atom. The van der Waals surface area contributed by atoms with Gasteiger partial charge < -0.3 is 4.84 Å². The Balaban J connectivity index is 1.54. The highest BCUT2D eigenvalue weighted by Crippen LogP contribution is 2.33. The number of thiophene rings is 1. The molecule has 0 N–H and O–H groups in total. The summed E-state index contributed by atoms with van der Waals surface area (Å²) in [6, 6.07) is 12.7. The first kappa shape index (κ1) is 14.7. The molecule has 1 unspecified atom stereocenters. The van der Waals surface area contributed by atoms with E-state index >= 15 is 0 Å². The maximum Gasteiger partial charge on any atom is 0.149 e. The van der Waals surface area contributed by atoms with Gasteiger partial charge >= 0.3 is 0 Å². The van der Waals surface area contributed by atoms with Gasteiger partial charge in [0.2, 0.25) is 0 Å². The van der Waals surface area contributed by atoms with Crippen molar-refractivity contribution in [2.75, 3.05) is 5.75 Å². The van der Waals surface area contributed by atoms with Crippen molar-refractivity contribution in [3.63, 3.8) is 0 Å². The molecule has 21 heavy (non-hydrogen) atoms. The molecule has 0 radical (unpaired) electrons. The summed E-state index contributed by atoms with van der Waals surface area (Å²) in [6.45, 7) is 4.29. The first-order chi connectivity index (χ1) is 10.2. The molecule has 1 aromatic carbocycles. The number of aryl methyl sites for hydroxylation is 1.